The molecule has 17 heavy (non-hydrogen) atoms. The Hall–Kier alpha value is -1.26. The van der Waals surface area contributed by atoms with E-state index in [0.29, 0.717) is 0 Å². The number of rotatable bonds is 5. The first kappa shape index (κ1) is 12.2. The average Bonchev–Trinajstić information content (AvgIpc) is 3.05. The molecule has 1 aromatic carbocycles. The number of benzene rings is 1. The van der Waals surface area contributed by atoms with Gasteiger partial charge in [-0.05, 0) is 18.6 Å². The fourth-order valence-electron chi connectivity index (χ4n) is 1.59. The summed E-state index contributed by atoms with van der Waals surface area (Å²) in [5.41, 5.74) is 6.52. The second-order valence-corrected chi connectivity index (χ2v) is 5.15. The predicted molar refractivity (Wildman–Crippen MR) is 72.1 cm³/mol. The van der Waals surface area contributed by atoms with E-state index in [2.05, 4.69) is 11.9 Å². The first-order valence-corrected chi connectivity index (χ1v) is 6.60. The number of carbonyl (C=O) groups excluding carboxylic acids is 1. The molecule has 3 N–H and O–H groups in total. The predicted octanol–water partition coefficient (Wildman–Crippen LogP) is 2.25. The van der Waals surface area contributed by atoms with Crippen LogP contribution in [0.1, 0.15) is 6.42 Å². The molecule has 90 valence electrons. The van der Waals surface area contributed by atoms with E-state index in [0.717, 1.165) is 22.8 Å². The first-order valence-electron chi connectivity index (χ1n) is 5.61. The molecule has 2 rings (SSSR count). The third-order valence-electron chi connectivity index (χ3n) is 2.68. The van der Waals surface area contributed by atoms with Crippen LogP contribution in [0.15, 0.2) is 41.8 Å². The van der Waals surface area contributed by atoms with E-state index in [1.807, 2.05) is 30.3 Å². The Morgan fingerprint density at radius 2 is 2.29 bits per heavy atom. The van der Waals surface area contributed by atoms with Gasteiger partial charge in [-0.2, -0.15) is 0 Å². The Balaban J connectivity index is 2.03. The van der Waals surface area contributed by atoms with Crippen LogP contribution in [0.3, 0.4) is 0 Å². The molecule has 2 unspecified atom stereocenters. The minimum atomic E-state index is -0.00698. The Kier molecular flexibility index (Phi) is 3.86. The highest BCUT2D eigenvalue weighted by atomic mass is 32.2. The van der Waals surface area contributed by atoms with Gasteiger partial charge in [0.2, 0.25) is 5.91 Å². The fraction of sp³-hybridized carbons (Fsp3) is 0.308. The summed E-state index contributed by atoms with van der Waals surface area (Å²) in [6.07, 6.45) is 2.65. The molecule has 1 aliphatic carbocycles. The van der Waals surface area contributed by atoms with Crippen LogP contribution < -0.4 is 11.1 Å². The summed E-state index contributed by atoms with van der Waals surface area (Å²) in [6, 6.07) is 7.83. The fourth-order valence-corrected chi connectivity index (χ4v) is 2.33. The molecule has 1 aromatic rings. The lowest BCUT2D eigenvalue weighted by Crippen LogP contribution is -2.18. The molecule has 1 saturated carbocycles. The van der Waals surface area contributed by atoms with Crippen molar-refractivity contribution >= 4 is 23.4 Å². The molecule has 3 nitrogen and oxygen atoms in total. The van der Waals surface area contributed by atoms with E-state index < -0.39 is 0 Å². The van der Waals surface area contributed by atoms with Gasteiger partial charge in [0.05, 0.1) is 11.6 Å². The van der Waals surface area contributed by atoms with Gasteiger partial charge in [-0.15, -0.1) is 18.3 Å². The zero-order valence-corrected chi connectivity index (χ0v) is 10.4. The lowest BCUT2D eigenvalue weighted by Gasteiger charge is -2.09. The summed E-state index contributed by atoms with van der Waals surface area (Å²) in [6.45, 7) is 3.69. The Morgan fingerprint density at radius 3 is 2.94 bits per heavy atom. The highest BCUT2D eigenvalue weighted by molar-refractivity contribution is 7.99. The van der Waals surface area contributed by atoms with Crippen LogP contribution >= 0.6 is 11.8 Å². The van der Waals surface area contributed by atoms with Gasteiger partial charge < -0.3 is 11.1 Å². The van der Waals surface area contributed by atoms with Gasteiger partial charge in [0.1, 0.15) is 0 Å². The standard InChI is InChI=1S/C13H16N2OS/c1-2-7-17-12-6-4-3-5-11(12)15-13(16)9-8-10(9)14/h2-6,9-10H,1,7-8,14H2,(H,15,16). The summed E-state index contributed by atoms with van der Waals surface area (Å²) in [7, 11) is 0. The van der Waals surface area contributed by atoms with Crippen LogP contribution in [0.4, 0.5) is 5.69 Å². The number of hydrogen-bond acceptors (Lipinski definition) is 3. The number of amides is 1. The summed E-state index contributed by atoms with van der Waals surface area (Å²) >= 11 is 1.66. The Morgan fingerprint density at radius 1 is 1.59 bits per heavy atom. The van der Waals surface area contributed by atoms with E-state index >= 15 is 0 Å². The van der Waals surface area contributed by atoms with Gasteiger partial charge in [-0.25, -0.2) is 0 Å². The Labute approximate surface area is 105 Å². The van der Waals surface area contributed by atoms with Gasteiger partial charge >= 0.3 is 0 Å². The highest BCUT2D eigenvalue weighted by Crippen LogP contribution is 2.32. The van der Waals surface area contributed by atoms with Gasteiger partial charge in [0.15, 0.2) is 0 Å². The number of anilines is 1. The van der Waals surface area contributed by atoms with E-state index in [9.17, 15) is 4.79 Å². The van der Waals surface area contributed by atoms with Crippen molar-refractivity contribution in [1.29, 1.82) is 0 Å². The molecule has 0 heterocycles. The average molecular weight is 248 g/mol. The summed E-state index contributed by atoms with van der Waals surface area (Å²) in [5, 5.41) is 2.94. The maximum absolute atomic E-state index is 11.8. The number of nitrogens with one attached hydrogen (secondary N) is 1. The molecular weight excluding hydrogens is 232 g/mol. The van der Waals surface area contributed by atoms with Gasteiger partial charge in [-0.1, -0.05) is 18.2 Å². The molecule has 0 aliphatic heterocycles. The third kappa shape index (κ3) is 3.11. The smallest absolute Gasteiger partial charge is 0.229 e. The molecule has 4 heteroatoms. The normalized spacial score (nSPS) is 21.9. The Bertz CT molecular complexity index is 433. The van der Waals surface area contributed by atoms with E-state index in [1.54, 1.807) is 11.8 Å². The van der Waals surface area contributed by atoms with Crippen molar-refractivity contribution in [1.82, 2.24) is 0 Å². The van der Waals surface area contributed by atoms with Crippen molar-refractivity contribution in [2.75, 3.05) is 11.1 Å². The third-order valence-corrected chi connectivity index (χ3v) is 3.75. The van der Waals surface area contributed by atoms with Crippen LogP contribution in [0.2, 0.25) is 0 Å². The maximum atomic E-state index is 11.8. The van der Waals surface area contributed by atoms with Crippen LogP contribution in [-0.4, -0.2) is 17.7 Å². The van der Waals surface area contributed by atoms with Crippen LogP contribution in [-0.2, 0) is 4.79 Å². The first-order chi connectivity index (χ1) is 8.22. The molecule has 1 amide bonds. The summed E-state index contributed by atoms with van der Waals surface area (Å²) in [4.78, 5) is 12.9. The molecule has 1 fully saturated rings. The maximum Gasteiger partial charge on any atom is 0.229 e. The molecular formula is C13H16N2OS. The molecule has 0 saturated heterocycles. The SMILES string of the molecule is C=CCSc1ccccc1NC(=O)C1CC1N. The van der Waals surface area contributed by atoms with Gasteiger partial charge in [0, 0.05) is 16.7 Å². The number of thioether (sulfide) groups is 1. The topological polar surface area (TPSA) is 55.1 Å². The van der Waals surface area contributed by atoms with Crippen molar-refractivity contribution in [3.8, 4) is 0 Å². The highest BCUT2D eigenvalue weighted by Gasteiger charge is 2.40. The van der Waals surface area contributed by atoms with Gasteiger partial charge in [-0.3, -0.25) is 4.79 Å². The lowest BCUT2D eigenvalue weighted by atomic mass is 10.3. The largest absolute Gasteiger partial charge is 0.327 e. The monoisotopic (exact) mass is 248 g/mol. The van der Waals surface area contributed by atoms with Crippen molar-refractivity contribution in [2.24, 2.45) is 11.7 Å². The lowest BCUT2D eigenvalue weighted by molar-refractivity contribution is -0.117. The molecule has 1 aliphatic rings. The zero-order chi connectivity index (χ0) is 12.3. The van der Waals surface area contributed by atoms with E-state index in [-0.39, 0.29) is 17.9 Å². The number of carbonyl (C=O) groups is 1. The van der Waals surface area contributed by atoms with Crippen LogP contribution in [0.5, 0.6) is 0 Å². The van der Waals surface area contributed by atoms with E-state index in [1.165, 1.54) is 0 Å². The zero-order valence-electron chi connectivity index (χ0n) is 9.56. The molecule has 0 aromatic heterocycles. The van der Waals surface area contributed by atoms with E-state index in [4.69, 9.17) is 5.73 Å². The minimum Gasteiger partial charge on any atom is -0.327 e. The second kappa shape index (κ2) is 5.38. The molecule has 0 bridgehead atoms. The van der Waals surface area contributed by atoms with Crippen molar-refractivity contribution in [3.05, 3.63) is 36.9 Å². The number of nitrogens with two attached hydrogens (primary N) is 1. The van der Waals surface area contributed by atoms with Gasteiger partial charge in [0.25, 0.3) is 0 Å². The summed E-state index contributed by atoms with van der Waals surface area (Å²) in [5.74, 6) is 0.854. The minimum absolute atomic E-state index is 0.00698. The van der Waals surface area contributed by atoms with Crippen LogP contribution in [0, 0.1) is 5.92 Å². The van der Waals surface area contributed by atoms with Crippen molar-refractivity contribution < 1.29 is 4.79 Å². The number of hydrogen-bond donors (Lipinski definition) is 2. The van der Waals surface area contributed by atoms with Crippen LogP contribution in [0.25, 0.3) is 0 Å². The summed E-state index contributed by atoms with van der Waals surface area (Å²) < 4.78 is 0. The number of para-hydroxylation sites is 1. The molecule has 2 atom stereocenters. The van der Waals surface area contributed by atoms with Crippen molar-refractivity contribution in [3.63, 3.8) is 0 Å². The molecule has 0 spiro atoms. The second-order valence-electron chi connectivity index (χ2n) is 4.09. The quantitative estimate of drug-likeness (QED) is 0.620. The molecule has 0 radical (unpaired) electrons. The van der Waals surface area contributed by atoms with Crippen molar-refractivity contribution in [2.45, 2.75) is 17.4 Å².